The maximum atomic E-state index is 12.0. The lowest BCUT2D eigenvalue weighted by molar-refractivity contribution is -0.146. The van der Waals surface area contributed by atoms with Crippen LogP contribution in [0.4, 0.5) is 5.00 Å². The van der Waals surface area contributed by atoms with Crippen LogP contribution in [0.2, 0.25) is 0 Å². The molecule has 0 aliphatic rings. The second kappa shape index (κ2) is 9.33. The first-order valence-electron chi connectivity index (χ1n) is 7.81. The van der Waals surface area contributed by atoms with Gasteiger partial charge in [-0.1, -0.05) is 13.0 Å². The summed E-state index contributed by atoms with van der Waals surface area (Å²) in [6.07, 6.45) is 0.876. The molecule has 0 unspecified atom stereocenters. The average Bonchev–Trinajstić information content (AvgIpc) is 3.23. The molecule has 1 N–H and O–H groups in total. The van der Waals surface area contributed by atoms with Crippen molar-refractivity contribution in [3.05, 3.63) is 38.9 Å². The zero-order valence-corrected chi connectivity index (χ0v) is 15.6. The topological polar surface area (TPSA) is 81.7 Å². The summed E-state index contributed by atoms with van der Waals surface area (Å²) in [6, 6.07) is 5.38. The number of hydrogen-bond donors (Lipinski definition) is 1. The van der Waals surface area contributed by atoms with Gasteiger partial charge in [0.25, 0.3) is 5.91 Å². The Labute approximate surface area is 153 Å². The van der Waals surface area contributed by atoms with Gasteiger partial charge in [-0.05, 0) is 30.9 Å². The molecule has 8 heteroatoms. The summed E-state index contributed by atoms with van der Waals surface area (Å²) in [7, 11) is 0. The molecule has 0 saturated heterocycles. The van der Waals surface area contributed by atoms with Crippen molar-refractivity contribution in [3.63, 3.8) is 0 Å². The van der Waals surface area contributed by atoms with Crippen LogP contribution >= 0.6 is 22.7 Å². The highest BCUT2D eigenvalue weighted by atomic mass is 32.1. The van der Waals surface area contributed by atoms with Crippen LogP contribution < -0.4 is 5.32 Å². The van der Waals surface area contributed by atoms with Crippen LogP contribution in [0.25, 0.3) is 0 Å². The van der Waals surface area contributed by atoms with Crippen molar-refractivity contribution in [2.24, 2.45) is 0 Å². The van der Waals surface area contributed by atoms with Gasteiger partial charge < -0.3 is 14.8 Å². The minimum absolute atomic E-state index is 0.137. The van der Waals surface area contributed by atoms with Crippen molar-refractivity contribution in [1.82, 2.24) is 0 Å². The number of esters is 2. The molecule has 2 heterocycles. The maximum absolute atomic E-state index is 12.0. The van der Waals surface area contributed by atoms with Crippen LogP contribution in [0, 0.1) is 0 Å². The summed E-state index contributed by atoms with van der Waals surface area (Å²) in [5.74, 6) is -1.44. The Hall–Kier alpha value is -2.19. The van der Waals surface area contributed by atoms with E-state index in [0.717, 1.165) is 16.2 Å². The Balaban J connectivity index is 1.92. The van der Waals surface area contributed by atoms with Crippen LogP contribution in [-0.4, -0.2) is 31.1 Å². The lowest BCUT2D eigenvalue weighted by Gasteiger charge is -2.07. The minimum atomic E-state index is -0.491. The fraction of sp³-hybridized carbons (Fsp3) is 0.353. The van der Waals surface area contributed by atoms with E-state index in [2.05, 4.69) is 5.32 Å². The normalized spacial score (nSPS) is 10.3. The van der Waals surface area contributed by atoms with E-state index in [1.807, 2.05) is 24.4 Å². The summed E-state index contributed by atoms with van der Waals surface area (Å²) in [6.45, 7) is 3.53. The van der Waals surface area contributed by atoms with Gasteiger partial charge in [-0.25, -0.2) is 4.79 Å². The quantitative estimate of drug-likeness (QED) is 0.710. The molecule has 0 spiro atoms. The predicted molar refractivity (Wildman–Crippen MR) is 97.3 cm³/mol. The number of aryl methyl sites for hydroxylation is 1. The van der Waals surface area contributed by atoms with E-state index in [1.165, 1.54) is 22.7 Å². The van der Waals surface area contributed by atoms with Crippen molar-refractivity contribution in [3.8, 4) is 0 Å². The first-order chi connectivity index (χ1) is 12.0. The number of rotatable bonds is 8. The molecule has 0 atom stereocenters. The molecular weight excluding hydrogens is 362 g/mol. The molecule has 2 aromatic rings. The zero-order chi connectivity index (χ0) is 18.2. The molecule has 0 aliphatic heterocycles. The van der Waals surface area contributed by atoms with Gasteiger partial charge in [0.05, 0.1) is 18.6 Å². The average molecular weight is 381 g/mol. The lowest BCUT2D eigenvalue weighted by Crippen LogP contribution is -2.22. The molecule has 6 nitrogen and oxygen atoms in total. The van der Waals surface area contributed by atoms with Gasteiger partial charge in [-0.15, -0.1) is 22.7 Å². The molecule has 0 aliphatic carbocycles. The Morgan fingerprint density at radius 3 is 2.60 bits per heavy atom. The Morgan fingerprint density at radius 2 is 1.96 bits per heavy atom. The van der Waals surface area contributed by atoms with Gasteiger partial charge in [-0.2, -0.15) is 0 Å². The molecule has 25 heavy (non-hydrogen) atoms. The highest BCUT2D eigenvalue weighted by molar-refractivity contribution is 7.16. The third kappa shape index (κ3) is 5.68. The van der Waals surface area contributed by atoms with Gasteiger partial charge in [0.1, 0.15) is 5.00 Å². The summed E-state index contributed by atoms with van der Waals surface area (Å²) >= 11 is 2.76. The van der Waals surface area contributed by atoms with Gasteiger partial charge in [0, 0.05) is 9.75 Å². The third-order valence-corrected chi connectivity index (χ3v) is 5.21. The van der Waals surface area contributed by atoms with E-state index < -0.39 is 24.5 Å². The van der Waals surface area contributed by atoms with E-state index in [9.17, 15) is 14.4 Å². The van der Waals surface area contributed by atoms with Crippen LogP contribution in [0.15, 0.2) is 23.6 Å². The molecule has 0 saturated carbocycles. The second-order valence-corrected chi connectivity index (χ2v) is 7.16. The number of thiophene rings is 2. The van der Waals surface area contributed by atoms with Gasteiger partial charge in [0.15, 0.2) is 6.61 Å². The predicted octanol–water partition coefficient (Wildman–Crippen LogP) is 3.27. The molecule has 2 rings (SSSR count). The largest absolute Gasteiger partial charge is 0.462 e. The van der Waals surface area contributed by atoms with E-state index in [-0.39, 0.29) is 13.0 Å². The summed E-state index contributed by atoms with van der Waals surface area (Å²) in [5, 5.41) is 4.90. The zero-order valence-electron chi connectivity index (χ0n) is 14.0. The van der Waals surface area contributed by atoms with Crippen LogP contribution in [0.1, 0.15) is 34.0 Å². The minimum Gasteiger partial charge on any atom is -0.462 e. The van der Waals surface area contributed by atoms with Crippen molar-refractivity contribution in [2.75, 3.05) is 18.5 Å². The molecule has 1 amide bonds. The Bertz CT molecular complexity index is 736. The molecule has 0 bridgehead atoms. The van der Waals surface area contributed by atoms with Crippen molar-refractivity contribution in [1.29, 1.82) is 0 Å². The number of carbonyl (C=O) groups excluding carboxylic acids is 3. The van der Waals surface area contributed by atoms with E-state index in [4.69, 9.17) is 9.47 Å². The lowest BCUT2D eigenvalue weighted by atomic mass is 10.2. The number of nitrogens with one attached hydrogen (secondary N) is 1. The molecule has 0 radical (unpaired) electrons. The first-order valence-corrected chi connectivity index (χ1v) is 9.50. The van der Waals surface area contributed by atoms with Crippen LogP contribution in [0.3, 0.4) is 0 Å². The van der Waals surface area contributed by atoms with E-state index in [0.29, 0.717) is 10.6 Å². The van der Waals surface area contributed by atoms with Gasteiger partial charge >= 0.3 is 11.9 Å². The van der Waals surface area contributed by atoms with Gasteiger partial charge in [-0.3, -0.25) is 9.59 Å². The van der Waals surface area contributed by atoms with Gasteiger partial charge in [0.2, 0.25) is 0 Å². The number of amides is 1. The standard InChI is InChI=1S/C17H19NO5S2/c1-3-11-8-13(17(21)22-4-2)16(25-11)18-14(19)10-23-15(20)9-12-6-5-7-24-12/h5-8H,3-4,9-10H2,1-2H3,(H,18,19). The number of carbonyl (C=O) groups is 3. The molecular formula is C17H19NO5S2. The fourth-order valence-electron chi connectivity index (χ4n) is 1.98. The highest BCUT2D eigenvalue weighted by Gasteiger charge is 2.19. The number of hydrogen-bond acceptors (Lipinski definition) is 7. The van der Waals surface area contributed by atoms with Crippen molar-refractivity contribution < 1.29 is 23.9 Å². The number of ether oxygens (including phenoxy) is 2. The molecule has 0 fully saturated rings. The first kappa shape index (κ1) is 19.1. The smallest absolute Gasteiger partial charge is 0.341 e. The maximum Gasteiger partial charge on any atom is 0.341 e. The van der Waals surface area contributed by atoms with Crippen molar-refractivity contribution >= 4 is 45.5 Å². The SMILES string of the molecule is CCOC(=O)c1cc(CC)sc1NC(=O)COC(=O)Cc1cccs1. The Morgan fingerprint density at radius 1 is 1.16 bits per heavy atom. The molecule has 134 valence electrons. The van der Waals surface area contributed by atoms with Crippen LogP contribution in [-0.2, 0) is 31.9 Å². The summed E-state index contributed by atoms with van der Waals surface area (Å²) in [5.41, 5.74) is 0.321. The molecule has 2 aromatic heterocycles. The van der Waals surface area contributed by atoms with E-state index >= 15 is 0 Å². The summed E-state index contributed by atoms with van der Waals surface area (Å²) < 4.78 is 9.97. The second-order valence-electron chi connectivity index (χ2n) is 4.99. The third-order valence-electron chi connectivity index (χ3n) is 3.14. The van der Waals surface area contributed by atoms with Crippen molar-refractivity contribution in [2.45, 2.75) is 26.7 Å². The number of anilines is 1. The fourth-order valence-corrected chi connectivity index (χ4v) is 3.68. The highest BCUT2D eigenvalue weighted by Crippen LogP contribution is 2.29. The summed E-state index contributed by atoms with van der Waals surface area (Å²) in [4.78, 5) is 37.5. The monoisotopic (exact) mass is 381 g/mol. The Kier molecular flexibility index (Phi) is 7.15. The van der Waals surface area contributed by atoms with E-state index in [1.54, 1.807) is 13.0 Å². The van der Waals surface area contributed by atoms with Crippen LogP contribution in [0.5, 0.6) is 0 Å². The molecule has 0 aromatic carbocycles.